The Morgan fingerprint density at radius 1 is 1.14 bits per heavy atom. The van der Waals surface area contributed by atoms with Gasteiger partial charge in [0.15, 0.2) is 10.9 Å². The van der Waals surface area contributed by atoms with Crippen LogP contribution in [-0.4, -0.2) is 73.7 Å². The van der Waals surface area contributed by atoms with E-state index in [1.54, 1.807) is 36.0 Å². The van der Waals surface area contributed by atoms with Gasteiger partial charge in [0.05, 0.1) is 11.9 Å². The van der Waals surface area contributed by atoms with Gasteiger partial charge in [-0.2, -0.15) is 5.10 Å². The molecule has 35 heavy (non-hydrogen) atoms. The summed E-state index contributed by atoms with van der Waals surface area (Å²) in [4.78, 5) is 34.5. The largest absolute Gasteiger partial charge is 0.508 e. The summed E-state index contributed by atoms with van der Waals surface area (Å²) in [6, 6.07) is 5.88. The molecule has 184 valence electrons. The molecule has 0 atom stereocenters. The van der Waals surface area contributed by atoms with Gasteiger partial charge in [0.25, 0.3) is 5.91 Å². The zero-order valence-corrected chi connectivity index (χ0v) is 20.6. The van der Waals surface area contributed by atoms with Crippen LogP contribution in [0.2, 0.25) is 0 Å². The number of amides is 2. The maximum Gasteiger partial charge on any atom is 0.267 e. The number of thiazole rings is 1. The van der Waals surface area contributed by atoms with Crippen molar-refractivity contribution in [3.63, 3.8) is 0 Å². The van der Waals surface area contributed by atoms with Crippen molar-refractivity contribution in [2.75, 3.05) is 36.8 Å². The molecular weight excluding hydrogens is 466 g/mol. The molecular formula is C24H29N7O3S. The molecule has 0 radical (unpaired) electrons. The maximum absolute atomic E-state index is 12.7. The summed E-state index contributed by atoms with van der Waals surface area (Å²) in [5.41, 5.74) is 2.07. The summed E-state index contributed by atoms with van der Waals surface area (Å²) in [5.74, 6) is 0.454. The molecule has 3 heterocycles. The molecule has 1 aliphatic heterocycles. The summed E-state index contributed by atoms with van der Waals surface area (Å²) in [7, 11) is 0. The summed E-state index contributed by atoms with van der Waals surface area (Å²) >= 11 is 1.20. The normalized spacial score (nSPS) is 16.3. The summed E-state index contributed by atoms with van der Waals surface area (Å²) in [6.07, 6.45) is 5.84. The molecule has 1 aromatic carbocycles. The Kier molecular flexibility index (Phi) is 6.44. The van der Waals surface area contributed by atoms with Crippen molar-refractivity contribution < 1.29 is 14.7 Å². The van der Waals surface area contributed by atoms with Crippen LogP contribution in [0.4, 0.5) is 16.6 Å². The van der Waals surface area contributed by atoms with E-state index in [0.29, 0.717) is 27.1 Å². The van der Waals surface area contributed by atoms with Crippen LogP contribution in [0, 0.1) is 13.8 Å². The molecule has 11 heteroatoms. The number of hydrogen-bond donors (Lipinski definition) is 3. The molecule has 10 nitrogen and oxygen atoms in total. The Bertz CT molecular complexity index is 1240. The number of carbonyl (C=O) groups excluding carboxylic acids is 2. The van der Waals surface area contributed by atoms with Crippen LogP contribution in [0.15, 0.2) is 30.6 Å². The number of nitrogens with one attached hydrogen (secondary N) is 2. The van der Waals surface area contributed by atoms with Gasteiger partial charge in [0, 0.05) is 50.0 Å². The number of anilines is 3. The lowest BCUT2D eigenvalue weighted by Gasteiger charge is -2.34. The van der Waals surface area contributed by atoms with E-state index >= 15 is 0 Å². The van der Waals surface area contributed by atoms with Crippen LogP contribution in [0.5, 0.6) is 5.75 Å². The average molecular weight is 496 g/mol. The van der Waals surface area contributed by atoms with Gasteiger partial charge in [-0.25, -0.2) is 4.98 Å². The van der Waals surface area contributed by atoms with Crippen molar-refractivity contribution in [2.45, 2.75) is 39.3 Å². The van der Waals surface area contributed by atoms with E-state index in [1.807, 2.05) is 11.8 Å². The lowest BCUT2D eigenvalue weighted by molar-refractivity contribution is -0.133. The molecule has 3 aromatic rings. The first kappa shape index (κ1) is 23.3. The second-order valence-electron chi connectivity index (χ2n) is 9.06. The Balaban J connectivity index is 1.15. The Morgan fingerprint density at radius 3 is 2.66 bits per heavy atom. The fraction of sp³-hybridized carbons (Fsp3) is 0.417. The highest BCUT2D eigenvalue weighted by atomic mass is 32.1. The molecule has 2 aromatic heterocycles. The molecule has 0 spiro atoms. The minimum Gasteiger partial charge on any atom is -0.508 e. The summed E-state index contributed by atoms with van der Waals surface area (Å²) in [6.45, 7) is 7.27. The molecule has 3 N–H and O–H groups in total. The number of rotatable bonds is 7. The van der Waals surface area contributed by atoms with Crippen molar-refractivity contribution >= 4 is 39.8 Å². The number of aromatic hydroxyl groups is 1. The van der Waals surface area contributed by atoms with Crippen LogP contribution >= 0.6 is 11.3 Å². The number of nitrogens with zero attached hydrogens (tertiary/aromatic N) is 5. The average Bonchev–Trinajstić information content (AvgIpc) is 3.45. The SMILES string of the molecule is Cc1ccc(O)c(C)c1NC(=O)c1cnc(Nc2ccn(CC(=O)N3CCN(C4CC4)CC3)n2)s1. The van der Waals surface area contributed by atoms with Crippen LogP contribution in [-0.2, 0) is 11.3 Å². The number of aryl methyl sites for hydroxylation is 1. The molecule has 5 rings (SSSR count). The van der Waals surface area contributed by atoms with Crippen LogP contribution in [0.1, 0.15) is 33.6 Å². The third-order valence-corrected chi connectivity index (χ3v) is 7.43. The highest BCUT2D eigenvalue weighted by Crippen LogP contribution is 2.30. The first-order valence-electron chi connectivity index (χ1n) is 11.8. The molecule has 2 aliphatic rings. The number of piperazine rings is 1. The van der Waals surface area contributed by atoms with E-state index in [9.17, 15) is 14.7 Å². The van der Waals surface area contributed by atoms with E-state index in [-0.39, 0.29) is 24.1 Å². The number of hydrogen-bond acceptors (Lipinski definition) is 8. The number of phenolic OH excluding ortho intramolecular Hbond substituents is 1. The predicted molar refractivity (Wildman–Crippen MR) is 134 cm³/mol. The number of aromatic nitrogens is 3. The smallest absolute Gasteiger partial charge is 0.267 e. The lowest BCUT2D eigenvalue weighted by Crippen LogP contribution is -2.50. The summed E-state index contributed by atoms with van der Waals surface area (Å²) < 4.78 is 1.62. The van der Waals surface area contributed by atoms with E-state index in [4.69, 9.17) is 0 Å². The highest BCUT2D eigenvalue weighted by molar-refractivity contribution is 7.17. The van der Waals surface area contributed by atoms with Crippen molar-refractivity contribution in [2.24, 2.45) is 0 Å². The Hall–Kier alpha value is -3.44. The number of benzene rings is 1. The van der Waals surface area contributed by atoms with Gasteiger partial charge in [-0.05, 0) is 38.3 Å². The Morgan fingerprint density at radius 2 is 1.91 bits per heavy atom. The van der Waals surface area contributed by atoms with Crippen LogP contribution in [0.3, 0.4) is 0 Å². The third-order valence-electron chi connectivity index (χ3n) is 6.52. The Labute approximate surface area is 207 Å². The first-order valence-corrected chi connectivity index (χ1v) is 12.6. The molecule has 1 saturated heterocycles. The molecule has 0 bridgehead atoms. The maximum atomic E-state index is 12.7. The molecule has 0 unspecified atom stereocenters. The molecule has 1 aliphatic carbocycles. The van der Waals surface area contributed by atoms with E-state index in [1.165, 1.54) is 30.4 Å². The van der Waals surface area contributed by atoms with E-state index in [0.717, 1.165) is 37.8 Å². The molecule has 1 saturated carbocycles. The predicted octanol–water partition coefficient (Wildman–Crippen LogP) is 2.96. The second-order valence-corrected chi connectivity index (χ2v) is 10.1. The van der Waals surface area contributed by atoms with Gasteiger partial charge < -0.3 is 20.6 Å². The highest BCUT2D eigenvalue weighted by Gasteiger charge is 2.32. The molecule has 2 fully saturated rings. The van der Waals surface area contributed by atoms with Gasteiger partial charge in [-0.1, -0.05) is 17.4 Å². The van der Waals surface area contributed by atoms with Gasteiger partial charge in [-0.3, -0.25) is 19.2 Å². The van der Waals surface area contributed by atoms with E-state index < -0.39 is 0 Å². The third kappa shape index (κ3) is 5.30. The lowest BCUT2D eigenvalue weighted by atomic mass is 10.1. The minimum absolute atomic E-state index is 0.0702. The molecule has 2 amide bonds. The van der Waals surface area contributed by atoms with E-state index in [2.05, 4.69) is 25.6 Å². The van der Waals surface area contributed by atoms with Gasteiger partial charge in [-0.15, -0.1) is 0 Å². The number of carbonyl (C=O) groups is 2. The standard InChI is InChI=1S/C24H29N7O3S/c1-15-3-6-18(32)16(2)22(15)27-23(34)19-13-25-24(35-19)26-20-7-8-31(28-20)14-21(33)30-11-9-29(10-12-30)17-4-5-17/h3,6-8,13,17,32H,4-5,9-12,14H2,1-2H3,(H,27,34)(H,25,26,28). The first-order chi connectivity index (χ1) is 16.9. The minimum atomic E-state index is -0.301. The van der Waals surface area contributed by atoms with Crippen molar-refractivity contribution in [3.05, 3.63) is 46.6 Å². The van der Waals surface area contributed by atoms with Crippen molar-refractivity contribution in [1.82, 2.24) is 24.6 Å². The topological polar surface area (TPSA) is 116 Å². The van der Waals surface area contributed by atoms with Gasteiger partial charge in [0.2, 0.25) is 5.91 Å². The zero-order chi connectivity index (χ0) is 24.5. The van der Waals surface area contributed by atoms with Crippen molar-refractivity contribution in [1.29, 1.82) is 0 Å². The van der Waals surface area contributed by atoms with Crippen LogP contribution in [0.25, 0.3) is 0 Å². The zero-order valence-electron chi connectivity index (χ0n) is 19.8. The van der Waals surface area contributed by atoms with Crippen molar-refractivity contribution in [3.8, 4) is 5.75 Å². The number of phenols is 1. The van der Waals surface area contributed by atoms with Crippen LogP contribution < -0.4 is 10.6 Å². The quantitative estimate of drug-likeness (QED) is 0.462. The monoisotopic (exact) mass is 495 g/mol. The fourth-order valence-electron chi connectivity index (χ4n) is 4.28. The summed E-state index contributed by atoms with van der Waals surface area (Å²) in [5, 5.41) is 20.8. The van der Waals surface area contributed by atoms with Gasteiger partial charge in [0.1, 0.15) is 17.2 Å². The van der Waals surface area contributed by atoms with Gasteiger partial charge >= 0.3 is 0 Å². The second kappa shape index (κ2) is 9.67. The fourth-order valence-corrected chi connectivity index (χ4v) is 5.00.